The van der Waals surface area contributed by atoms with Gasteiger partial charge in [-0.25, -0.2) is 9.97 Å². The van der Waals surface area contributed by atoms with E-state index in [1.807, 2.05) is 24.5 Å². The van der Waals surface area contributed by atoms with Gasteiger partial charge in [0.15, 0.2) is 0 Å². The van der Waals surface area contributed by atoms with Gasteiger partial charge >= 0.3 is 0 Å². The molecule has 0 aliphatic heterocycles. The Morgan fingerprint density at radius 2 is 1.62 bits per heavy atom. The minimum Gasteiger partial charge on any atom is -0.345 e. The maximum Gasteiger partial charge on any atom is 0.100 e. The molecular formula is C19H13N5. The molecule has 1 N–H and O–H groups in total. The smallest absolute Gasteiger partial charge is 0.100 e. The van der Waals surface area contributed by atoms with Crippen LogP contribution in [0.1, 0.15) is 0 Å². The van der Waals surface area contributed by atoms with E-state index in [0.717, 1.165) is 38.9 Å². The number of aromatic amines is 1. The Balaban J connectivity index is 1.64. The van der Waals surface area contributed by atoms with Crippen LogP contribution in [0.15, 0.2) is 73.6 Å². The van der Waals surface area contributed by atoms with Crippen molar-refractivity contribution in [2.75, 3.05) is 0 Å². The van der Waals surface area contributed by atoms with Crippen molar-refractivity contribution in [1.29, 1.82) is 0 Å². The molecule has 0 atom stereocenters. The van der Waals surface area contributed by atoms with Crippen LogP contribution in [0.25, 0.3) is 38.9 Å². The van der Waals surface area contributed by atoms with Crippen LogP contribution in [0.2, 0.25) is 0 Å². The molecule has 114 valence electrons. The fourth-order valence-electron chi connectivity index (χ4n) is 3.02. The molecule has 0 bridgehead atoms. The summed E-state index contributed by atoms with van der Waals surface area (Å²) >= 11 is 0. The molecule has 24 heavy (non-hydrogen) atoms. The Morgan fingerprint density at radius 3 is 2.54 bits per heavy atom. The highest BCUT2D eigenvalue weighted by atomic mass is 15.0. The molecule has 3 heterocycles. The monoisotopic (exact) mass is 311 g/mol. The van der Waals surface area contributed by atoms with Gasteiger partial charge in [0.25, 0.3) is 0 Å². The average Bonchev–Trinajstić information content (AvgIpc) is 3.28. The normalized spacial score (nSPS) is 11.3. The first kappa shape index (κ1) is 13.0. The molecule has 0 aliphatic rings. The quantitative estimate of drug-likeness (QED) is 0.537. The number of fused-ring (bicyclic) bond motifs is 2. The van der Waals surface area contributed by atoms with Crippen LogP contribution in [-0.4, -0.2) is 24.5 Å². The molecule has 5 nitrogen and oxygen atoms in total. The van der Waals surface area contributed by atoms with E-state index in [0.29, 0.717) is 0 Å². The molecule has 5 rings (SSSR count). The van der Waals surface area contributed by atoms with Crippen molar-refractivity contribution in [3.05, 3.63) is 73.6 Å². The zero-order valence-electron chi connectivity index (χ0n) is 12.7. The summed E-state index contributed by atoms with van der Waals surface area (Å²) in [5.74, 6) is 0. The summed E-state index contributed by atoms with van der Waals surface area (Å²) < 4.78 is 2.07. The van der Waals surface area contributed by atoms with Crippen LogP contribution >= 0.6 is 0 Å². The number of hydrogen-bond acceptors (Lipinski definition) is 3. The average molecular weight is 311 g/mol. The summed E-state index contributed by atoms with van der Waals surface area (Å²) in [4.78, 5) is 16.0. The SMILES string of the molecule is c1cc(-n2cnc3cc(-c4ccc5nc[nH]c5c4)ccc32)ccn1. The lowest BCUT2D eigenvalue weighted by atomic mass is 10.0. The number of rotatable bonds is 2. The number of pyridine rings is 1. The zero-order chi connectivity index (χ0) is 15.9. The van der Waals surface area contributed by atoms with E-state index in [4.69, 9.17) is 0 Å². The molecule has 5 heteroatoms. The molecule has 0 radical (unpaired) electrons. The van der Waals surface area contributed by atoms with Gasteiger partial charge in [0.2, 0.25) is 0 Å². The van der Waals surface area contributed by atoms with Gasteiger partial charge in [0, 0.05) is 12.4 Å². The second-order valence-electron chi connectivity index (χ2n) is 5.66. The fraction of sp³-hybridized carbons (Fsp3) is 0. The van der Waals surface area contributed by atoms with E-state index < -0.39 is 0 Å². The zero-order valence-corrected chi connectivity index (χ0v) is 12.7. The lowest BCUT2D eigenvalue weighted by Crippen LogP contribution is -1.91. The van der Waals surface area contributed by atoms with Gasteiger partial charge in [-0.3, -0.25) is 9.55 Å². The fourth-order valence-corrected chi connectivity index (χ4v) is 3.02. The highest BCUT2D eigenvalue weighted by Crippen LogP contribution is 2.27. The number of H-pyrrole nitrogens is 1. The Morgan fingerprint density at radius 1 is 0.792 bits per heavy atom. The number of aromatic nitrogens is 5. The molecule has 0 saturated heterocycles. The molecule has 3 aromatic heterocycles. The van der Waals surface area contributed by atoms with Gasteiger partial charge in [-0.2, -0.15) is 0 Å². The Bertz CT molecular complexity index is 1150. The first-order valence-corrected chi connectivity index (χ1v) is 7.69. The van der Waals surface area contributed by atoms with E-state index in [-0.39, 0.29) is 0 Å². The van der Waals surface area contributed by atoms with Crippen LogP contribution in [0.4, 0.5) is 0 Å². The third-order valence-corrected chi connectivity index (χ3v) is 4.24. The van der Waals surface area contributed by atoms with Crippen molar-refractivity contribution < 1.29 is 0 Å². The number of hydrogen-bond donors (Lipinski definition) is 1. The second kappa shape index (κ2) is 5.03. The lowest BCUT2D eigenvalue weighted by Gasteiger charge is -2.05. The van der Waals surface area contributed by atoms with E-state index in [2.05, 4.69) is 54.8 Å². The minimum absolute atomic E-state index is 0.967. The van der Waals surface area contributed by atoms with Gasteiger partial charge < -0.3 is 4.98 Å². The first-order valence-electron chi connectivity index (χ1n) is 7.69. The highest BCUT2D eigenvalue weighted by molar-refractivity contribution is 5.86. The van der Waals surface area contributed by atoms with Crippen LogP contribution in [0, 0.1) is 0 Å². The predicted octanol–water partition coefficient (Wildman–Crippen LogP) is 3.96. The third kappa shape index (κ3) is 1.99. The Labute approximate surface area is 137 Å². The molecule has 0 fully saturated rings. The predicted molar refractivity (Wildman–Crippen MR) is 94.0 cm³/mol. The van der Waals surface area contributed by atoms with Crippen molar-refractivity contribution >= 4 is 22.1 Å². The number of nitrogens with zero attached hydrogens (tertiary/aromatic N) is 4. The van der Waals surface area contributed by atoms with Gasteiger partial charge in [0.1, 0.15) is 6.33 Å². The van der Waals surface area contributed by atoms with Gasteiger partial charge in [-0.15, -0.1) is 0 Å². The molecule has 2 aromatic carbocycles. The van der Waals surface area contributed by atoms with Gasteiger partial charge in [-0.1, -0.05) is 12.1 Å². The number of benzene rings is 2. The molecule has 0 saturated carbocycles. The number of nitrogens with one attached hydrogen (secondary N) is 1. The standard InChI is InChI=1S/C19H13N5/c1-3-16-17(22-11-21-16)9-13(1)14-2-4-19-18(10-14)23-12-24(19)15-5-7-20-8-6-15/h1-12H,(H,21,22). The van der Waals surface area contributed by atoms with Crippen molar-refractivity contribution in [3.8, 4) is 16.8 Å². The molecule has 0 unspecified atom stereocenters. The maximum absolute atomic E-state index is 4.56. The Hall–Kier alpha value is -3.47. The van der Waals surface area contributed by atoms with E-state index >= 15 is 0 Å². The summed E-state index contributed by atoms with van der Waals surface area (Å²) in [5, 5.41) is 0. The molecule has 0 aliphatic carbocycles. The number of imidazole rings is 2. The molecular weight excluding hydrogens is 298 g/mol. The second-order valence-corrected chi connectivity index (χ2v) is 5.66. The first-order chi connectivity index (χ1) is 11.9. The topological polar surface area (TPSA) is 59.4 Å². The molecule has 0 amide bonds. The van der Waals surface area contributed by atoms with Crippen molar-refractivity contribution in [2.45, 2.75) is 0 Å². The summed E-state index contributed by atoms with van der Waals surface area (Å²) in [5.41, 5.74) is 7.39. The van der Waals surface area contributed by atoms with Gasteiger partial charge in [-0.05, 0) is 47.5 Å². The Kier molecular flexibility index (Phi) is 2.72. The van der Waals surface area contributed by atoms with Crippen LogP contribution in [-0.2, 0) is 0 Å². The highest BCUT2D eigenvalue weighted by Gasteiger charge is 2.07. The van der Waals surface area contributed by atoms with Crippen LogP contribution in [0.3, 0.4) is 0 Å². The summed E-state index contributed by atoms with van der Waals surface area (Å²) in [6, 6.07) is 16.5. The molecule has 0 spiro atoms. The maximum atomic E-state index is 4.56. The van der Waals surface area contributed by atoms with Crippen LogP contribution < -0.4 is 0 Å². The lowest BCUT2D eigenvalue weighted by molar-refractivity contribution is 1.08. The summed E-state index contributed by atoms with van der Waals surface area (Å²) in [6.07, 6.45) is 7.14. The van der Waals surface area contributed by atoms with Crippen molar-refractivity contribution in [1.82, 2.24) is 24.5 Å². The van der Waals surface area contributed by atoms with E-state index in [9.17, 15) is 0 Å². The summed E-state index contributed by atoms with van der Waals surface area (Å²) in [7, 11) is 0. The summed E-state index contributed by atoms with van der Waals surface area (Å²) in [6.45, 7) is 0. The largest absolute Gasteiger partial charge is 0.345 e. The van der Waals surface area contributed by atoms with Crippen molar-refractivity contribution in [2.24, 2.45) is 0 Å². The van der Waals surface area contributed by atoms with E-state index in [1.54, 1.807) is 18.7 Å². The van der Waals surface area contributed by atoms with Gasteiger partial charge in [0.05, 0.1) is 34.1 Å². The third-order valence-electron chi connectivity index (χ3n) is 4.24. The van der Waals surface area contributed by atoms with Crippen molar-refractivity contribution in [3.63, 3.8) is 0 Å². The molecule has 5 aromatic rings. The van der Waals surface area contributed by atoms with Crippen LogP contribution in [0.5, 0.6) is 0 Å². The van der Waals surface area contributed by atoms with E-state index in [1.165, 1.54) is 0 Å². The minimum atomic E-state index is 0.967.